The van der Waals surface area contributed by atoms with Crippen molar-refractivity contribution in [3.8, 4) is 23.0 Å². The summed E-state index contributed by atoms with van der Waals surface area (Å²) < 4.78 is 32.1. The van der Waals surface area contributed by atoms with Crippen LogP contribution >= 0.6 is 0 Å². The van der Waals surface area contributed by atoms with Gasteiger partial charge < -0.3 is 28.4 Å². The lowest BCUT2D eigenvalue weighted by Gasteiger charge is -2.09. The second kappa shape index (κ2) is 14.4. The van der Waals surface area contributed by atoms with Gasteiger partial charge in [0.2, 0.25) is 0 Å². The van der Waals surface area contributed by atoms with E-state index in [9.17, 15) is 19.2 Å². The summed E-state index contributed by atoms with van der Waals surface area (Å²) in [5, 5.41) is 1.55. The molecule has 2 aliphatic heterocycles. The van der Waals surface area contributed by atoms with E-state index in [0.29, 0.717) is 54.1 Å². The smallest absolute Gasteiger partial charge is 0.343 e. The van der Waals surface area contributed by atoms with Crippen molar-refractivity contribution < 1.29 is 47.6 Å². The number of carbonyl (C=O) groups excluding carboxylic acids is 4. The zero-order valence-electron chi connectivity index (χ0n) is 25.0. The number of carbonyl (C=O) groups is 4. The van der Waals surface area contributed by atoms with Crippen molar-refractivity contribution in [2.75, 3.05) is 13.2 Å². The van der Waals surface area contributed by atoms with Gasteiger partial charge in [-0.05, 0) is 109 Å². The number of ether oxygens (including phenoxy) is 6. The van der Waals surface area contributed by atoms with Crippen LogP contribution in [0.3, 0.4) is 0 Å². The number of benzene rings is 4. The average molecular weight is 625 g/mol. The lowest BCUT2D eigenvalue weighted by atomic mass is 10.1. The summed E-state index contributed by atoms with van der Waals surface area (Å²) in [5.74, 6) is -0.510. The molecular formula is C36H32O10. The Labute approximate surface area is 265 Å². The van der Waals surface area contributed by atoms with Crippen LogP contribution in [-0.2, 0) is 19.1 Å². The lowest BCUT2D eigenvalue weighted by molar-refractivity contribution is -0.135. The van der Waals surface area contributed by atoms with Crippen molar-refractivity contribution in [1.82, 2.24) is 0 Å². The van der Waals surface area contributed by atoms with Crippen LogP contribution in [0.5, 0.6) is 23.0 Å². The van der Waals surface area contributed by atoms with E-state index in [1.807, 2.05) is 0 Å². The first-order valence-corrected chi connectivity index (χ1v) is 15.2. The molecule has 2 saturated heterocycles. The number of esters is 4. The molecule has 0 saturated carbocycles. The molecule has 2 atom stereocenters. The monoisotopic (exact) mass is 624 g/mol. The number of rotatable bonds is 14. The Bertz CT molecular complexity index is 1600. The van der Waals surface area contributed by atoms with Crippen molar-refractivity contribution in [3.05, 3.63) is 96.1 Å². The summed E-state index contributed by atoms with van der Waals surface area (Å²) in [6, 6.07) is 22.6. The Hall–Kier alpha value is -5.06. The molecule has 2 fully saturated rings. The maximum atomic E-state index is 12.8. The summed E-state index contributed by atoms with van der Waals surface area (Å²) in [7, 11) is 0. The molecule has 6 rings (SSSR count). The van der Waals surface area contributed by atoms with Crippen molar-refractivity contribution in [1.29, 1.82) is 0 Å². The Kier molecular flexibility index (Phi) is 9.66. The van der Waals surface area contributed by atoms with Crippen molar-refractivity contribution in [3.63, 3.8) is 0 Å². The van der Waals surface area contributed by atoms with Gasteiger partial charge in [-0.3, -0.25) is 9.59 Å². The van der Waals surface area contributed by atoms with Crippen LogP contribution in [0.25, 0.3) is 10.8 Å². The molecule has 4 aromatic carbocycles. The summed E-state index contributed by atoms with van der Waals surface area (Å²) in [5.41, 5.74) is 0.579. The number of hydrogen-bond acceptors (Lipinski definition) is 10. The van der Waals surface area contributed by atoms with E-state index in [2.05, 4.69) is 0 Å². The molecule has 0 aliphatic carbocycles. The summed E-state index contributed by atoms with van der Waals surface area (Å²) >= 11 is 0. The molecule has 0 radical (unpaired) electrons. The maximum absolute atomic E-state index is 12.8. The minimum Gasteiger partial charge on any atom is -0.427 e. The molecule has 236 valence electrons. The molecule has 0 bridgehead atoms. The van der Waals surface area contributed by atoms with E-state index in [0.717, 1.165) is 31.4 Å². The Balaban J connectivity index is 1.00. The molecule has 2 unspecified atom stereocenters. The van der Waals surface area contributed by atoms with Crippen LogP contribution in [0.1, 0.15) is 59.2 Å². The molecule has 2 aliphatic rings. The minimum atomic E-state index is -0.578. The van der Waals surface area contributed by atoms with Gasteiger partial charge in [0, 0.05) is 12.8 Å². The van der Waals surface area contributed by atoms with Gasteiger partial charge in [-0.15, -0.1) is 0 Å². The van der Waals surface area contributed by atoms with Gasteiger partial charge in [-0.2, -0.15) is 0 Å². The van der Waals surface area contributed by atoms with E-state index >= 15 is 0 Å². The maximum Gasteiger partial charge on any atom is 0.343 e. The fraction of sp³-hybridized carbons (Fsp3) is 0.278. The molecule has 0 N–H and O–H groups in total. The van der Waals surface area contributed by atoms with E-state index < -0.39 is 11.9 Å². The molecule has 0 aromatic heterocycles. The summed E-state index contributed by atoms with van der Waals surface area (Å²) in [6.45, 7) is 1.53. The SMILES string of the molecule is O=C(CCCC1CO1)Oc1ccc(C(=O)Oc2ccc3ccc(OC(=O)c4ccc(OC(=O)CCCC5CO5)cc4)cc3c2)cc1. The quantitative estimate of drug-likeness (QED) is 0.0904. The summed E-state index contributed by atoms with van der Waals surface area (Å²) in [4.78, 5) is 49.6. The van der Waals surface area contributed by atoms with Gasteiger partial charge >= 0.3 is 23.9 Å². The highest BCUT2D eigenvalue weighted by Crippen LogP contribution is 2.27. The highest BCUT2D eigenvalue weighted by atomic mass is 16.6. The van der Waals surface area contributed by atoms with Crippen molar-refractivity contribution in [2.45, 2.75) is 50.7 Å². The van der Waals surface area contributed by atoms with Gasteiger partial charge in [-0.25, -0.2) is 9.59 Å². The standard InChI is InChI=1S/C36H32O10/c37-33(5-1-3-31-21-41-31)43-27-13-9-24(10-14-27)35(39)45-29-17-7-23-8-18-30(20-26(23)19-29)46-36(40)25-11-15-28(16-12-25)44-34(38)6-2-4-32-22-42-32/h7-20,31-32H,1-6,21-22H2. The highest BCUT2D eigenvalue weighted by molar-refractivity contribution is 5.94. The first-order valence-electron chi connectivity index (χ1n) is 15.2. The Morgan fingerprint density at radius 3 is 1.30 bits per heavy atom. The molecular weight excluding hydrogens is 592 g/mol. The molecule has 46 heavy (non-hydrogen) atoms. The summed E-state index contributed by atoms with van der Waals surface area (Å²) in [6.07, 6.45) is 4.24. The van der Waals surface area contributed by atoms with E-state index in [4.69, 9.17) is 28.4 Å². The minimum absolute atomic E-state index is 0.276. The zero-order chi connectivity index (χ0) is 31.9. The van der Waals surface area contributed by atoms with E-state index in [1.54, 1.807) is 60.7 Å². The first-order chi connectivity index (χ1) is 22.4. The van der Waals surface area contributed by atoms with Gasteiger partial charge in [0.05, 0.1) is 36.5 Å². The van der Waals surface area contributed by atoms with E-state index in [1.165, 1.54) is 24.3 Å². The van der Waals surface area contributed by atoms with Crippen LogP contribution in [0.2, 0.25) is 0 Å². The third-order valence-corrected chi connectivity index (χ3v) is 7.47. The molecule has 10 nitrogen and oxygen atoms in total. The molecule has 0 spiro atoms. The van der Waals surface area contributed by atoms with Crippen LogP contribution < -0.4 is 18.9 Å². The molecule has 0 amide bonds. The van der Waals surface area contributed by atoms with Crippen LogP contribution in [0.4, 0.5) is 0 Å². The number of epoxide rings is 2. The fourth-order valence-corrected chi connectivity index (χ4v) is 4.76. The average Bonchev–Trinajstić information content (AvgIpc) is 3.99. The van der Waals surface area contributed by atoms with Crippen molar-refractivity contribution >= 4 is 34.6 Å². The van der Waals surface area contributed by atoms with Crippen LogP contribution in [0.15, 0.2) is 84.9 Å². The highest BCUT2D eigenvalue weighted by Gasteiger charge is 2.23. The third-order valence-electron chi connectivity index (χ3n) is 7.47. The van der Waals surface area contributed by atoms with Gasteiger partial charge in [0.1, 0.15) is 23.0 Å². The fourth-order valence-electron chi connectivity index (χ4n) is 4.76. The molecule has 2 heterocycles. The molecule has 10 heteroatoms. The Morgan fingerprint density at radius 1 is 0.522 bits per heavy atom. The number of fused-ring (bicyclic) bond motifs is 1. The predicted octanol–water partition coefficient (Wildman–Crippen LogP) is 6.23. The Morgan fingerprint density at radius 2 is 0.913 bits per heavy atom. The van der Waals surface area contributed by atoms with Crippen LogP contribution in [-0.4, -0.2) is 49.3 Å². The second-order valence-corrected chi connectivity index (χ2v) is 11.1. The van der Waals surface area contributed by atoms with Gasteiger partial charge in [0.15, 0.2) is 0 Å². The normalized spacial score (nSPS) is 16.3. The topological polar surface area (TPSA) is 130 Å². The largest absolute Gasteiger partial charge is 0.427 e. The first kappa shape index (κ1) is 30.9. The lowest BCUT2D eigenvalue weighted by Crippen LogP contribution is -2.10. The zero-order valence-corrected chi connectivity index (χ0v) is 25.0. The number of hydrogen-bond donors (Lipinski definition) is 0. The van der Waals surface area contributed by atoms with Crippen molar-refractivity contribution in [2.24, 2.45) is 0 Å². The third kappa shape index (κ3) is 8.99. The van der Waals surface area contributed by atoms with Gasteiger partial charge in [0.25, 0.3) is 0 Å². The second-order valence-electron chi connectivity index (χ2n) is 11.1. The molecule has 4 aromatic rings. The van der Waals surface area contributed by atoms with Gasteiger partial charge in [-0.1, -0.05) is 12.1 Å². The van der Waals surface area contributed by atoms with Crippen LogP contribution in [0, 0.1) is 0 Å². The van der Waals surface area contributed by atoms with E-state index in [-0.39, 0.29) is 35.3 Å². The predicted molar refractivity (Wildman–Crippen MR) is 165 cm³/mol.